The summed E-state index contributed by atoms with van der Waals surface area (Å²) in [6, 6.07) is 15.8. The van der Waals surface area contributed by atoms with E-state index in [-0.39, 0.29) is 28.4 Å². The lowest BCUT2D eigenvalue weighted by Gasteiger charge is -2.27. The number of anilines is 1. The summed E-state index contributed by atoms with van der Waals surface area (Å²) in [6.45, 7) is -0.237. The van der Waals surface area contributed by atoms with Crippen LogP contribution in [0.4, 0.5) is 10.1 Å². The largest absolute Gasteiger partial charge is 0.274 e. The Balaban J connectivity index is 1.67. The van der Waals surface area contributed by atoms with Crippen LogP contribution in [0.5, 0.6) is 0 Å². The van der Waals surface area contributed by atoms with Gasteiger partial charge >= 0.3 is 0 Å². The SMILES string of the molecule is N#Cc1ccc(N2C(=O)CC(N(CCc3ccc(S(N)(=O)=O)cc3)S(=O)(=O)c3ccc(F)cc3)C2=O)cc1. The fourth-order valence-electron chi connectivity index (χ4n) is 4.07. The lowest BCUT2D eigenvalue weighted by molar-refractivity contribution is -0.122. The second-order valence-corrected chi connectivity index (χ2v) is 11.9. The maximum atomic E-state index is 13.6. The molecule has 1 saturated heterocycles. The lowest BCUT2D eigenvalue weighted by atomic mass is 10.1. The van der Waals surface area contributed by atoms with Gasteiger partial charge < -0.3 is 0 Å². The van der Waals surface area contributed by atoms with E-state index < -0.39 is 50.1 Å². The summed E-state index contributed by atoms with van der Waals surface area (Å²) in [5, 5.41) is 14.1. The molecule has 0 spiro atoms. The second kappa shape index (κ2) is 10.4. The minimum Gasteiger partial charge on any atom is -0.274 e. The summed E-state index contributed by atoms with van der Waals surface area (Å²) in [6.07, 6.45) is -0.357. The van der Waals surface area contributed by atoms with Gasteiger partial charge in [0.2, 0.25) is 26.0 Å². The second-order valence-electron chi connectivity index (χ2n) is 8.45. The molecule has 4 rings (SSSR count). The Kier molecular flexibility index (Phi) is 7.43. The molecule has 1 aliphatic rings. The van der Waals surface area contributed by atoms with Crippen LogP contribution in [-0.4, -0.2) is 45.5 Å². The highest BCUT2D eigenvalue weighted by Crippen LogP contribution is 2.30. The van der Waals surface area contributed by atoms with Crippen molar-refractivity contribution in [3.63, 3.8) is 0 Å². The van der Waals surface area contributed by atoms with Gasteiger partial charge in [0.05, 0.1) is 33.5 Å². The molecule has 0 saturated carbocycles. The highest BCUT2D eigenvalue weighted by molar-refractivity contribution is 7.89. The van der Waals surface area contributed by atoms with Gasteiger partial charge in [-0.15, -0.1) is 0 Å². The fraction of sp³-hybridized carbons (Fsp3) is 0.160. The van der Waals surface area contributed by atoms with Gasteiger partial charge in [-0.2, -0.15) is 9.57 Å². The van der Waals surface area contributed by atoms with E-state index in [4.69, 9.17) is 10.4 Å². The zero-order valence-electron chi connectivity index (χ0n) is 19.7. The summed E-state index contributed by atoms with van der Waals surface area (Å²) in [5.74, 6) is -2.04. The molecule has 2 N–H and O–H groups in total. The van der Waals surface area contributed by atoms with Crippen LogP contribution < -0.4 is 10.0 Å². The van der Waals surface area contributed by atoms with Crippen molar-refractivity contribution in [2.45, 2.75) is 28.7 Å². The molecule has 196 valence electrons. The number of nitrogens with two attached hydrogens (primary N) is 1. The first kappa shape index (κ1) is 27.1. The molecule has 38 heavy (non-hydrogen) atoms. The Labute approximate surface area is 218 Å². The summed E-state index contributed by atoms with van der Waals surface area (Å²) in [5.41, 5.74) is 1.06. The Hall–Kier alpha value is -3.96. The zero-order chi connectivity index (χ0) is 27.7. The molecule has 0 radical (unpaired) electrons. The summed E-state index contributed by atoms with van der Waals surface area (Å²) in [7, 11) is -8.29. The molecule has 1 unspecified atom stereocenters. The molecule has 3 aromatic rings. The molecule has 0 aliphatic carbocycles. The number of carbonyl (C=O) groups excluding carboxylic acids is 2. The van der Waals surface area contributed by atoms with Crippen LogP contribution in [-0.2, 0) is 36.1 Å². The Morgan fingerprint density at radius 2 is 1.50 bits per heavy atom. The molecule has 1 heterocycles. The molecule has 1 fully saturated rings. The van der Waals surface area contributed by atoms with Crippen LogP contribution in [0.3, 0.4) is 0 Å². The average Bonchev–Trinajstić information content (AvgIpc) is 3.17. The van der Waals surface area contributed by atoms with Gasteiger partial charge in [0.25, 0.3) is 5.91 Å². The van der Waals surface area contributed by atoms with E-state index in [1.54, 1.807) is 0 Å². The van der Waals surface area contributed by atoms with Gasteiger partial charge in [0, 0.05) is 6.54 Å². The molecular weight excluding hydrogens is 535 g/mol. The standard InChI is InChI=1S/C25H21FN4O6S2/c26-19-5-11-22(12-6-19)38(35,36)29(14-13-17-3-9-21(10-4-17)37(28,33)34)23-15-24(31)30(25(23)32)20-7-1-18(16-27)2-8-20/h1-12,23H,13-15H2,(H2,28,33,34). The first-order valence-corrected chi connectivity index (χ1v) is 14.2. The predicted octanol–water partition coefficient (Wildman–Crippen LogP) is 1.91. The highest BCUT2D eigenvalue weighted by Gasteiger charge is 2.46. The van der Waals surface area contributed by atoms with Crippen LogP contribution in [0.25, 0.3) is 0 Å². The minimum absolute atomic E-state index is 0.0696. The monoisotopic (exact) mass is 556 g/mol. The topological polar surface area (TPSA) is 159 Å². The van der Waals surface area contributed by atoms with E-state index >= 15 is 0 Å². The normalized spacial score (nSPS) is 16.2. The van der Waals surface area contributed by atoms with Crippen molar-refractivity contribution in [1.29, 1.82) is 5.26 Å². The molecule has 0 bridgehead atoms. The van der Waals surface area contributed by atoms with Crippen LogP contribution in [0, 0.1) is 17.1 Å². The number of primary sulfonamides is 1. The predicted molar refractivity (Wildman–Crippen MR) is 134 cm³/mol. The first-order valence-electron chi connectivity index (χ1n) is 11.2. The molecule has 13 heteroatoms. The molecule has 10 nitrogen and oxygen atoms in total. The van der Waals surface area contributed by atoms with E-state index in [0.29, 0.717) is 11.1 Å². The van der Waals surface area contributed by atoms with Crippen molar-refractivity contribution >= 4 is 37.5 Å². The third kappa shape index (κ3) is 5.48. The number of rotatable bonds is 8. The molecule has 0 aromatic heterocycles. The van der Waals surface area contributed by atoms with Crippen LogP contribution in [0.2, 0.25) is 0 Å². The van der Waals surface area contributed by atoms with E-state index in [1.165, 1.54) is 48.5 Å². The van der Waals surface area contributed by atoms with Crippen LogP contribution in [0.1, 0.15) is 17.5 Å². The van der Waals surface area contributed by atoms with Crippen molar-refractivity contribution in [2.75, 3.05) is 11.4 Å². The minimum atomic E-state index is -4.37. The Morgan fingerprint density at radius 1 is 0.921 bits per heavy atom. The number of hydrogen-bond donors (Lipinski definition) is 1. The van der Waals surface area contributed by atoms with E-state index in [1.807, 2.05) is 6.07 Å². The molecule has 1 atom stereocenters. The molecule has 2 amide bonds. The zero-order valence-corrected chi connectivity index (χ0v) is 21.3. The molecule has 1 aliphatic heterocycles. The Morgan fingerprint density at radius 3 is 2.05 bits per heavy atom. The van der Waals surface area contributed by atoms with Gasteiger partial charge in [-0.3, -0.25) is 9.59 Å². The van der Waals surface area contributed by atoms with E-state index in [2.05, 4.69) is 0 Å². The molecular formula is C25H21FN4O6S2. The summed E-state index contributed by atoms with van der Waals surface area (Å²) >= 11 is 0. The number of nitriles is 1. The van der Waals surface area contributed by atoms with Crippen LogP contribution in [0.15, 0.2) is 82.6 Å². The summed E-state index contributed by atoms with van der Waals surface area (Å²) < 4.78 is 64.6. The number of amides is 2. The van der Waals surface area contributed by atoms with Crippen LogP contribution >= 0.6 is 0 Å². The van der Waals surface area contributed by atoms with Crippen molar-refractivity contribution in [3.05, 3.63) is 89.7 Å². The summed E-state index contributed by atoms with van der Waals surface area (Å²) in [4.78, 5) is 26.8. The fourth-order valence-corrected chi connectivity index (χ4v) is 6.17. The van der Waals surface area contributed by atoms with Gasteiger partial charge in [-0.1, -0.05) is 12.1 Å². The van der Waals surface area contributed by atoms with Gasteiger partial charge in [0.15, 0.2) is 0 Å². The third-order valence-electron chi connectivity index (χ3n) is 6.02. The van der Waals surface area contributed by atoms with Crippen molar-refractivity contribution in [2.24, 2.45) is 5.14 Å². The lowest BCUT2D eigenvalue weighted by Crippen LogP contribution is -2.46. The number of carbonyl (C=O) groups is 2. The smallest absolute Gasteiger partial charge is 0.252 e. The Bertz CT molecular complexity index is 1630. The van der Waals surface area contributed by atoms with E-state index in [0.717, 1.165) is 33.5 Å². The van der Waals surface area contributed by atoms with E-state index in [9.17, 15) is 30.8 Å². The van der Waals surface area contributed by atoms with Gasteiger partial charge in [-0.05, 0) is 72.6 Å². The van der Waals surface area contributed by atoms with Crippen molar-refractivity contribution < 1.29 is 30.8 Å². The number of imide groups is 1. The highest BCUT2D eigenvalue weighted by atomic mass is 32.2. The number of hydrogen-bond acceptors (Lipinski definition) is 7. The van der Waals surface area contributed by atoms with Gasteiger partial charge in [0.1, 0.15) is 11.9 Å². The van der Waals surface area contributed by atoms with Crippen molar-refractivity contribution in [3.8, 4) is 6.07 Å². The first-order chi connectivity index (χ1) is 17.9. The average molecular weight is 557 g/mol. The number of halogens is 1. The quantitative estimate of drug-likeness (QED) is 0.415. The molecule has 3 aromatic carbocycles. The number of nitrogens with zero attached hydrogens (tertiary/aromatic N) is 3. The maximum Gasteiger partial charge on any atom is 0.252 e. The third-order valence-corrected chi connectivity index (χ3v) is 8.87. The number of sulfonamides is 2. The number of benzene rings is 3. The van der Waals surface area contributed by atoms with Crippen molar-refractivity contribution in [1.82, 2.24) is 4.31 Å². The van der Waals surface area contributed by atoms with Gasteiger partial charge in [-0.25, -0.2) is 31.3 Å². The maximum absolute atomic E-state index is 13.6.